The topological polar surface area (TPSA) is 72.4 Å². The molecular formula is C21H19FN4O2. The first-order chi connectivity index (χ1) is 13.7. The zero-order chi connectivity index (χ0) is 19.3. The number of hydrogen-bond acceptors (Lipinski definition) is 4. The Morgan fingerprint density at radius 3 is 2.79 bits per heavy atom. The van der Waals surface area contributed by atoms with Gasteiger partial charge in [-0.2, -0.15) is 0 Å². The van der Waals surface area contributed by atoms with Crippen molar-refractivity contribution >= 4 is 11.6 Å². The number of benzene rings is 1. The Morgan fingerprint density at radius 1 is 1.04 bits per heavy atom. The molecule has 0 spiro atoms. The van der Waals surface area contributed by atoms with Crippen molar-refractivity contribution in [2.45, 2.75) is 19.3 Å². The molecule has 0 bridgehead atoms. The van der Waals surface area contributed by atoms with Gasteiger partial charge in [-0.25, -0.2) is 4.39 Å². The zero-order valence-corrected chi connectivity index (χ0v) is 15.1. The summed E-state index contributed by atoms with van der Waals surface area (Å²) in [5, 5.41) is 11.1. The molecule has 1 aromatic carbocycles. The lowest BCUT2D eigenvalue weighted by Gasteiger charge is -2.04. The summed E-state index contributed by atoms with van der Waals surface area (Å²) in [6, 6.07) is 15.6. The predicted octanol–water partition coefficient (Wildman–Crippen LogP) is 3.42. The average Bonchev–Trinajstić information content (AvgIpc) is 3.34. The van der Waals surface area contributed by atoms with Crippen LogP contribution in [0.4, 0.5) is 4.39 Å². The number of aromatic nitrogens is 3. The van der Waals surface area contributed by atoms with E-state index in [2.05, 4.69) is 15.5 Å². The Bertz CT molecular complexity index is 1100. The van der Waals surface area contributed by atoms with Crippen molar-refractivity contribution in [3.63, 3.8) is 0 Å². The molecule has 0 radical (unpaired) electrons. The molecule has 4 aromatic rings. The van der Waals surface area contributed by atoms with Crippen molar-refractivity contribution in [3.8, 4) is 11.3 Å². The first-order valence-corrected chi connectivity index (χ1v) is 9.09. The molecule has 4 rings (SSSR count). The number of nitrogens with one attached hydrogen (secondary N) is 1. The highest BCUT2D eigenvalue weighted by Gasteiger charge is 2.11. The van der Waals surface area contributed by atoms with Crippen LogP contribution in [0.25, 0.3) is 17.0 Å². The van der Waals surface area contributed by atoms with E-state index >= 15 is 0 Å². The fourth-order valence-electron chi connectivity index (χ4n) is 3.02. The highest BCUT2D eigenvalue weighted by Crippen LogP contribution is 2.25. The minimum absolute atomic E-state index is 0.0716. The van der Waals surface area contributed by atoms with Crippen LogP contribution in [0.1, 0.15) is 18.0 Å². The number of carbonyl (C=O) groups excluding carboxylic acids is 1. The van der Waals surface area contributed by atoms with E-state index < -0.39 is 0 Å². The van der Waals surface area contributed by atoms with Gasteiger partial charge in [-0.3, -0.25) is 9.20 Å². The maximum Gasteiger partial charge on any atom is 0.220 e. The van der Waals surface area contributed by atoms with E-state index in [9.17, 15) is 9.18 Å². The molecule has 0 aliphatic heterocycles. The minimum atomic E-state index is -0.331. The lowest BCUT2D eigenvalue weighted by atomic mass is 10.1. The molecule has 0 aliphatic carbocycles. The molecule has 3 aromatic heterocycles. The Hall–Kier alpha value is -3.48. The average molecular weight is 378 g/mol. The number of rotatable bonds is 7. The van der Waals surface area contributed by atoms with Crippen LogP contribution < -0.4 is 5.32 Å². The molecule has 0 saturated heterocycles. The molecule has 0 saturated carbocycles. The molecule has 28 heavy (non-hydrogen) atoms. The van der Waals surface area contributed by atoms with Gasteiger partial charge in [0.2, 0.25) is 5.91 Å². The molecule has 142 valence electrons. The number of hydrogen-bond donors (Lipinski definition) is 1. The quantitative estimate of drug-likeness (QED) is 0.535. The van der Waals surface area contributed by atoms with Crippen molar-refractivity contribution in [2.24, 2.45) is 0 Å². The molecular weight excluding hydrogens is 359 g/mol. The Labute approximate surface area is 161 Å². The number of halogens is 1. The summed E-state index contributed by atoms with van der Waals surface area (Å²) in [5.74, 6) is 1.51. The van der Waals surface area contributed by atoms with Crippen LogP contribution in [-0.4, -0.2) is 27.0 Å². The summed E-state index contributed by atoms with van der Waals surface area (Å²) in [5.41, 5.74) is 1.20. The molecule has 0 unspecified atom stereocenters. The predicted molar refractivity (Wildman–Crippen MR) is 102 cm³/mol. The summed E-state index contributed by atoms with van der Waals surface area (Å²) in [6.45, 7) is 0.479. The molecule has 0 aliphatic rings. The molecule has 1 amide bonds. The van der Waals surface area contributed by atoms with Gasteiger partial charge < -0.3 is 9.73 Å². The van der Waals surface area contributed by atoms with E-state index in [0.717, 1.165) is 11.5 Å². The molecule has 1 N–H and O–H groups in total. The monoisotopic (exact) mass is 378 g/mol. The van der Waals surface area contributed by atoms with E-state index in [4.69, 9.17) is 4.42 Å². The van der Waals surface area contributed by atoms with Crippen LogP contribution in [0, 0.1) is 5.82 Å². The van der Waals surface area contributed by atoms with Gasteiger partial charge in [0, 0.05) is 32.0 Å². The summed E-state index contributed by atoms with van der Waals surface area (Å²) in [7, 11) is 0. The zero-order valence-electron chi connectivity index (χ0n) is 15.1. The second-order valence-corrected chi connectivity index (χ2v) is 6.39. The van der Waals surface area contributed by atoms with Crippen molar-refractivity contribution in [1.82, 2.24) is 19.9 Å². The number of amides is 1. The van der Waals surface area contributed by atoms with Crippen LogP contribution in [0.5, 0.6) is 0 Å². The lowest BCUT2D eigenvalue weighted by Crippen LogP contribution is -2.26. The summed E-state index contributed by atoms with van der Waals surface area (Å²) >= 11 is 0. The van der Waals surface area contributed by atoms with Crippen molar-refractivity contribution in [1.29, 1.82) is 0 Å². The molecule has 6 nitrogen and oxygen atoms in total. The van der Waals surface area contributed by atoms with Gasteiger partial charge in [0.1, 0.15) is 23.2 Å². The van der Waals surface area contributed by atoms with Crippen LogP contribution in [0.2, 0.25) is 0 Å². The third-order valence-corrected chi connectivity index (χ3v) is 4.45. The normalized spacial score (nSPS) is 11.0. The second kappa shape index (κ2) is 8.04. The highest BCUT2D eigenvalue weighted by atomic mass is 19.1. The van der Waals surface area contributed by atoms with Crippen LogP contribution in [-0.2, 0) is 17.6 Å². The SMILES string of the molecule is O=C(CCc1ccc(-c2ccccc2F)o1)NCCc1nnc2ccccn12. The van der Waals surface area contributed by atoms with Gasteiger partial charge in [-0.15, -0.1) is 10.2 Å². The minimum Gasteiger partial charge on any atom is -0.461 e. The van der Waals surface area contributed by atoms with E-state index in [-0.39, 0.29) is 11.7 Å². The smallest absolute Gasteiger partial charge is 0.220 e. The number of pyridine rings is 1. The maximum absolute atomic E-state index is 13.8. The van der Waals surface area contributed by atoms with Gasteiger partial charge in [0.25, 0.3) is 0 Å². The lowest BCUT2D eigenvalue weighted by molar-refractivity contribution is -0.121. The summed E-state index contributed by atoms with van der Waals surface area (Å²) in [6.07, 6.45) is 3.24. The standard InChI is InChI=1S/C21H19FN4O2/c22-17-6-2-1-5-16(17)18-10-8-15(28-18)9-11-21(27)23-13-12-20-25-24-19-7-3-4-14-26(19)20/h1-8,10,14H,9,11-13H2,(H,23,27). The second-order valence-electron chi connectivity index (χ2n) is 6.39. The van der Waals surface area contributed by atoms with Crippen molar-refractivity contribution < 1.29 is 13.6 Å². The number of aryl methyl sites for hydroxylation is 1. The van der Waals surface area contributed by atoms with Gasteiger partial charge in [-0.05, 0) is 36.4 Å². The van der Waals surface area contributed by atoms with Gasteiger partial charge in [-0.1, -0.05) is 18.2 Å². The number of carbonyl (C=O) groups is 1. The number of fused-ring (bicyclic) bond motifs is 1. The third kappa shape index (κ3) is 3.93. The fraction of sp³-hybridized carbons (Fsp3) is 0.190. The summed E-state index contributed by atoms with van der Waals surface area (Å²) in [4.78, 5) is 12.1. The van der Waals surface area contributed by atoms with E-state index in [1.807, 2.05) is 28.8 Å². The van der Waals surface area contributed by atoms with Gasteiger partial charge >= 0.3 is 0 Å². The third-order valence-electron chi connectivity index (χ3n) is 4.45. The molecule has 0 fully saturated rings. The first-order valence-electron chi connectivity index (χ1n) is 9.09. The first kappa shape index (κ1) is 17.9. The van der Waals surface area contributed by atoms with Gasteiger partial charge in [0.05, 0.1) is 5.56 Å². The fourth-order valence-corrected chi connectivity index (χ4v) is 3.02. The van der Waals surface area contributed by atoms with Crippen LogP contribution >= 0.6 is 0 Å². The maximum atomic E-state index is 13.8. The van der Waals surface area contributed by atoms with E-state index in [1.165, 1.54) is 6.07 Å². The molecule has 0 atom stereocenters. The molecule has 3 heterocycles. The Morgan fingerprint density at radius 2 is 1.89 bits per heavy atom. The van der Waals surface area contributed by atoms with Crippen molar-refractivity contribution in [2.75, 3.05) is 6.54 Å². The Balaban J connectivity index is 1.26. The van der Waals surface area contributed by atoms with E-state index in [0.29, 0.717) is 42.9 Å². The number of nitrogens with zero attached hydrogens (tertiary/aromatic N) is 3. The van der Waals surface area contributed by atoms with Gasteiger partial charge in [0.15, 0.2) is 5.65 Å². The number of furan rings is 1. The van der Waals surface area contributed by atoms with Crippen molar-refractivity contribution in [3.05, 3.63) is 78.2 Å². The summed E-state index contributed by atoms with van der Waals surface area (Å²) < 4.78 is 21.4. The highest BCUT2D eigenvalue weighted by molar-refractivity contribution is 5.76. The largest absolute Gasteiger partial charge is 0.461 e. The van der Waals surface area contributed by atoms with Crippen LogP contribution in [0.15, 0.2) is 65.2 Å². The van der Waals surface area contributed by atoms with E-state index in [1.54, 1.807) is 30.3 Å². The Kier molecular flexibility index (Phi) is 5.14. The molecule has 7 heteroatoms. The van der Waals surface area contributed by atoms with Crippen LogP contribution in [0.3, 0.4) is 0 Å².